The minimum absolute atomic E-state index is 0. The smallest absolute Gasteiger partial charge is 0.00312 e. The van der Waals surface area contributed by atoms with Crippen LogP contribution >= 0.6 is 0 Å². The molecule has 0 amide bonds. The maximum absolute atomic E-state index is 3.34. The van der Waals surface area contributed by atoms with E-state index in [1.54, 1.807) is 0 Å². The van der Waals surface area contributed by atoms with E-state index in [-0.39, 0.29) is 1.43 Å². The van der Waals surface area contributed by atoms with Gasteiger partial charge in [-0.1, -0.05) is 6.92 Å². The van der Waals surface area contributed by atoms with Crippen molar-refractivity contribution in [1.29, 1.82) is 0 Å². The first-order chi connectivity index (χ1) is 4.33. The van der Waals surface area contributed by atoms with E-state index in [1.807, 2.05) is 0 Å². The first kappa shape index (κ1) is 7.03. The summed E-state index contributed by atoms with van der Waals surface area (Å²) < 4.78 is 0. The van der Waals surface area contributed by atoms with E-state index in [2.05, 4.69) is 24.2 Å². The molecule has 0 atom stereocenters. The minimum Gasteiger partial charge on any atom is -0.317 e. The molecule has 0 spiro atoms. The summed E-state index contributed by atoms with van der Waals surface area (Å²) in [4.78, 5) is 2.35. The quantitative estimate of drug-likeness (QED) is 0.595. The number of likely N-dealkylation sites (tertiary alicyclic amines) is 1. The van der Waals surface area contributed by atoms with Gasteiger partial charge in [0.25, 0.3) is 0 Å². The van der Waals surface area contributed by atoms with Gasteiger partial charge in [0.15, 0.2) is 0 Å². The first-order valence-corrected chi connectivity index (χ1v) is 3.72. The highest BCUT2D eigenvalue weighted by atomic mass is 15.2. The Morgan fingerprint density at radius 1 is 1.67 bits per heavy atom. The fraction of sp³-hybridized carbons (Fsp3) is 1.00. The number of nitrogens with zero attached hydrogens (tertiary/aromatic N) is 1. The van der Waals surface area contributed by atoms with Gasteiger partial charge in [0, 0.05) is 21.1 Å². The molecule has 56 valence electrons. The second-order valence-electron chi connectivity index (χ2n) is 2.89. The van der Waals surface area contributed by atoms with E-state index in [1.165, 1.54) is 19.6 Å². The Morgan fingerprint density at radius 2 is 2.33 bits per heavy atom. The van der Waals surface area contributed by atoms with Crippen LogP contribution in [0.15, 0.2) is 0 Å². The van der Waals surface area contributed by atoms with E-state index >= 15 is 0 Å². The molecule has 0 aromatic rings. The van der Waals surface area contributed by atoms with Gasteiger partial charge in [-0.25, -0.2) is 0 Å². The molecule has 1 saturated heterocycles. The Kier molecular flexibility index (Phi) is 2.49. The van der Waals surface area contributed by atoms with Gasteiger partial charge in [-0.15, -0.1) is 0 Å². The second kappa shape index (κ2) is 3.18. The molecule has 1 aliphatic rings. The molecule has 0 aromatic heterocycles. The molecule has 1 N–H and O–H groups in total. The Balaban J connectivity index is 0.000000810. The molecule has 1 rings (SSSR count). The number of nitrogens with one attached hydrogen (secondary N) is 1. The minimum atomic E-state index is 0. The predicted molar refractivity (Wildman–Crippen MR) is 41.6 cm³/mol. The summed E-state index contributed by atoms with van der Waals surface area (Å²) in [6.07, 6.45) is 0. The maximum atomic E-state index is 3.34. The van der Waals surface area contributed by atoms with Gasteiger partial charge in [0.2, 0.25) is 0 Å². The van der Waals surface area contributed by atoms with Crippen LogP contribution in [0.4, 0.5) is 0 Å². The van der Waals surface area contributed by atoms with Gasteiger partial charge in [-0.05, 0) is 19.5 Å². The van der Waals surface area contributed by atoms with Gasteiger partial charge in [-0.3, -0.25) is 0 Å². The van der Waals surface area contributed by atoms with Crippen LogP contribution in [0.5, 0.6) is 0 Å². The number of rotatable bonds is 3. The highest BCUT2D eigenvalue weighted by molar-refractivity contribution is 4.77. The fourth-order valence-corrected chi connectivity index (χ4v) is 1.31. The third-order valence-electron chi connectivity index (χ3n) is 1.82. The van der Waals surface area contributed by atoms with Gasteiger partial charge in [0.1, 0.15) is 0 Å². The zero-order valence-electron chi connectivity index (χ0n) is 6.35. The lowest BCUT2D eigenvalue weighted by Gasteiger charge is -2.36. The van der Waals surface area contributed by atoms with E-state index in [9.17, 15) is 0 Å². The third kappa shape index (κ3) is 1.95. The van der Waals surface area contributed by atoms with Gasteiger partial charge < -0.3 is 10.2 Å². The van der Waals surface area contributed by atoms with E-state index < -0.39 is 0 Å². The summed E-state index contributed by atoms with van der Waals surface area (Å²) in [5.41, 5.74) is 0. The molecule has 0 aliphatic carbocycles. The molecule has 1 aliphatic heterocycles. The summed E-state index contributed by atoms with van der Waals surface area (Å²) in [6, 6.07) is 0. The van der Waals surface area contributed by atoms with Crippen LogP contribution in [-0.4, -0.2) is 38.1 Å². The van der Waals surface area contributed by atoms with Crippen LogP contribution in [0.3, 0.4) is 0 Å². The van der Waals surface area contributed by atoms with Crippen molar-refractivity contribution in [1.82, 2.24) is 10.2 Å². The molecule has 0 radical (unpaired) electrons. The summed E-state index contributed by atoms with van der Waals surface area (Å²) in [6.45, 7) is 7.05. The highest BCUT2D eigenvalue weighted by Gasteiger charge is 2.21. The van der Waals surface area contributed by atoms with Crippen LogP contribution in [0.25, 0.3) is 0 Å². The predicted octanol–water partition coefficient (Wildman–Crippen LogP) is 0.403. The summed E-state index contributed by atoms with van der Waals surface area (Å²) in [5.74, 6) is 0.926. The molecular formula is C7H18N2. The van der Waals surface area contributed by atoms with Crippen molar-refractivity contribution in [3.63, 3.8) is 0 Å². The van der Waals surface area contributed by atoms with Crippen LogP contribution in [0.2, 0.25) is 0 Å². The maximum Gasteiger partial charge on any atom is 0.00312 e. The topological polar surface area (TPSA) is 15.3 Å². The Hall–Kier alpha value is -0.0800. The zero-order valence-corrected chi connectivity index (χ0v) is 6.35. The lowest BCUT2D eigenvalue weighted by atomic mass is 10.0. The van der Waals surface area contributed by atoms with Crippen LogP contribution < -0.4 is 5.32 Å². The second-order valence-corrected chi connectivity index (χ2v) is 2.89. The molecule has 0 unspecified atom stereocenters. The van der Waals surface area contributed by atoms with Crippen LogP contribution in [0, 0.1) is 5.92 Å². The molecule has 0 aromatic carbocycles. The lowest BCUT2D eigenvalue weighted by molar-refractivity contribution is 0.133. The van der Waals surface area contributed by atoms with Crippen molar-refractivity contribution >= 4 is 0 Å². The Bertz CT molecular complexity index is 81.7. The molecule has 2 heteroatoms. The van der Waals surface area contributed by atoms with Crippen LogP contribution in [-0.2, 0) is 0 Å². The average molecular weight is 130 g/mol. The normalized spacial score (nSPS) is 22.0. The van der Waals surface area contributed by atoms with E-state index in [0.717, 1.165) is 12.5 Å². The molecule has 0 bridgehead atoms. The SMILES string of the molecule is CCNCC1CN(C)C1.[HH]. The summed E-state index contributed by atoms with van der Waals surface area (Å²) in [7, 11) is 2.17. The lowest BCUT2D eigenvalue weighted by Crippen LogP contribution is -2.48. The number of hydrogen-bond donors (Lipinski definition) is 1. The van der Waals surface area contributed by atoms with Gasteiger partial charge in [0.05, 0.1) is 0 Å². The molecule has 2 nitrogen and oxygen atoms in total. The van der Waals surface area contributed by atoms with E-state index in [0.29, 0.717) is 0 Å². The van der Waals surface area contributed by atoms with Crippen LogP contribution in [0.1, 0.15) is 8.35 Å². The molecule has 0 saturated carbocycles. The zero-order chi connectivity index (χ0) is 6.69. The monoisotopic (exact) mass is 130 g/mol. The molecular weight excluding hydrogens is 112 g/mol. The van der Waals surface area contributed by atoms with Crippen molar-refractivity contribution in [2.75, 3.05) is 33.2 Å². The van der Waals surface area contributed by atoms with Crippen molar-refractivity contribution in [2.24, 2.45) is 5.92 Å². The first-order valence-electron chi connectivity index (χ1n) is 3.72. The van der Waals surface area contributed by atoms with Crippen molar-refractivity contribution < 1.29 is 1.43 Å². The highest BCUT2D eigenvalue weighted by Crippen LogP contribution is 2.10. The fourth-order valence-electron chi connectivity index (χ4n) is 1.31. The number of hydrogen-bond acceptors (Lipinski definition) is 2. The van der Waals surface area contributed by atoms with Crippen molar-refractivity contribution in [3.8, 4) is 0 Å². The van der Waals surface area contributed by atoms with E-state index in [4.69, 9.17) is 0 Å². The molecule has 1 heterocycles. The van der Waals surface area contributed by atoms with Gasteiger partial charge in [-0.2, -0.15) is 0 Å². The third-order valence-corrected chi connectivity index (χ3v) is 1.82. The van der Waals surface area contributed by atoms with Crippen molar-refractivity contribution in [3.05, 3.63) is 0 Å². The largest absolute Gasteiger partial charge is 0.317 e. The summed E-state index contributed by atoms with van der Waals surface area (Å²) >= 11 is 0. The van der Waals surface area contributed by atoms with Crippen molar-refractivity contribution in [2.45, 2.75) is 6.92 Å². The molecule has 9 heavy (non-hydrogen) atoms. The van der Waals surface area contributed by atoms with Gasteiger partial charge >= 0.3 is 0 Å². The average Bonchev–Trinajstić information content (AvgIpc) is 1.78. The molecule has 1 fully saturated rings. The Labute approximate surface area is 58.7 Å². The standard InChI is InChI=1S/C7H16N2.H2/c1-3-8-4-7-5-9(2)6-7;/h7-8H,3-6H2,1-2H3;1H. The summed E-state index contributed by atoms with van der Waals surface area (Å²) in [5, 5.41) is 3.34. The Morgan fingerprint density at radius 3 is 2.78 bits per heavy atom.